The van der Waals surface area contributed by atoms with Crippen LogP contribution >= 0.6 is 0 Å². The SMILES string of the molecule is CCC(=O)CCCCC[C@@H](c1ncc(-c2cc3cc(C)ccc3[nH]c2=O)o1)N(C)C(=O)C1CCNCC1. The van der Waals surface area contributed by atoms with Gasteiger partial charge in [0.2, 0.25) is 11.8 Å². The summed E-state index contributed by atoms with van der Waals surface area (Å²) in [6, 6.07) is 7.37. The Morgan fingerprint density at radius 1 is 1.16 bits per heavy atom. The molecule has 37 heavy (non-hydrogen) atoms. The number of ketones is 1. The van der Waals surface area contributed by atoms with Gasteiger partial charge in [-0.1, -0.05) is 31.4 Å². The number of nitrogens with one attached hydrogen (secondary N) is 2. The lowest BCUT2D eigenvalue weighted by Gasteiger charge is -2.31. The molecule has 8 heteroatoms. The van der Waals surface area contributed by atoms with E-state index in [1.165, 1.54) is 0 Å². The zero-order chi connectivity index (χ0) is 26.4. The molecule has 2 aromatic heterocycles. The van der Waals surface area contributed by atoms with Crippen LogP contribution in [0, 0.1) is 12.8 Å². The zero-order valence-electron chi connectivity index (χ0n) is 22.1. The number of hydrogen-bond acceptors (Lipinski definition) is 6. The minimum atomic E-state index is -0.334. The van der Waals surface area contributed by atoms with Crippen LogP contribution in [0.1, 0.15) is 75.8 Å². The van der Waals surface area contributed by atoms with Gasteiger partial charge in [-0.25, -0.2) is 4.98 Å². The predicted molar refractivity (Wildman–Crippen MR) is 144 cm³/mol. The number of aryl methyl sites for hydroxylation is 1. The number of piperidine rings is 1. The average Bonchev–Trinajstić information content (AvgIpc) is 3.39. The fraction of sp³-hybridized carbons (Fsp3) is 0.517. The summed E-state index contributed by atoms with van der Waals surface area (Å²) in [5, 5.41) is 4.23. The first-order chi connectivity index (χ1) is 17.9. The number of oxazole rings is 1. The number of carbonyl (C=O) groups is 2. The van der Waals surface area contributed by atoms with E-state index in [0.29, 0.717) is 36.5 Å². The molecule has 198 valence electrons. The van der Waals surface area contributed by atoms with Gasteiger partial charge in [-0.2, -0.15) is 0 Å². The Morgan fingerprint density at radius 3 is 2.70 bits per heavy atom. The highest BCUT2D eigenvalue weighted by Crippen LogP contribution is 2.31. The van der Waals surface area contributed by atoms with Crippen molar-refractivity contribution in [2.24, 2.45) is 5.92 Å². The van der Waals surface area contributed by atoms with Gasteiger partial charge in [0, 0.05) is 31.3 Å². The van der Waals surface area contributed by atoms with Crippen LogP contribution in [0.4, 0.5) is 0 Å². The second-order valence-electron chi connectivity index (χ2n) is 10.1. The largest absolute Gasteiger partial charge is 0.438 e. The molecule has 0 aliphatic carbocycles. The first-order valence-electron chi connectivity index (χ1n) is 13.5. The minimum absolute atomic E-state index is 0.0167. The van der Waals surface area contributed by atoms with Gasteiger partial charge in [0.15, 0.2) is 5.76 Å². The highest BCUT2D eigenvalue weighted by Gasteiger charge is 2.31. The number of benzene rings is 1. The molecule has 1 aliphatic heterocycles. The third-order valence-electron chi connectivity index (χ3n) is 7.40. The molecule has 1 saturated heterocycles. The molecule has 1 fully saturated rings. The molecule has 0 radical (unpaired) electrons. The van der Waals surface area contributed by atoms with Crippen molar-refractivity contribution in [1.29, 1.82) is 0 Å². The van der Waals surface area contributed by atoms with Gasteiger partial charge in [-0.3, -0.25) is 14.4 Å². The number of pyridine rings is 1. The molecule has 1 atom stereocenters. The van der Waals surface area contributed by atoms with Gasteiger partial charge in [0.1, 0.15) is 11.8 Å². The molecule has 3 aromatic rings. The molecule has 1 aliphatic rings. The number of aromatic nitrogens is 2. The van der Waals surface area contributed by atoms with Crippen molar-refractivity contribution < 1.29 is 14.0 Å². The number of hydrogen-bond donors (Lipinski definition) is 2. The molecule has 0 saturated carbocycles. The maximum Gasteiger partial charge on any atom is 0.259 e. The number of nitrogens with zero attached hydrogens (tertiary/aromatic N) is 2. The number of fused-ring (bicyclic) bond motifs is 1. The van der Waals surface area contributed by atoms with Gasteiger partial charge in [0.25, 0.3) is 5.56 Å². The molecule has 3 heterocycles. The number of carbonyl (C=O) groups excluding carboxylic acids is 2. The Hall–Kier alpha value is -3.26. The molecule has 0 bridgehead atoms. The van der Waals surface area contributed by atoms with E-state index in [9.17, 15) is 14.4 Å². The summed E-state index contributed by atoms with van der Waals surface area (Å²) in [6.07, 6.45) is 7.65. The van der Waals surface area contributed by atoms with E-state index in [1.54, 1.807) is 11.1 Å². The van der Waals surface area contributed by atoms with E-state index < -0.39 is 0 Å². The summed E-state index contributed by atoms with van der Waals surface area (Å²) in [7, 11) is 1.82. The summed E-state index contributed by atoms with van der Waals surface area (Å²) < 4.78 is 6.17. The quantitative estimate of drug-likeness (QED) is 0.357. The summed E-state index contributed by atoms with van der Waals surface area (Å²) in [6.45, 7) is 5.58. The Kier molecular flexibility index (Phi) is 8.92. The highest BCUT2D eigenvalue weighted by molar-refractivity contribution is 5.83. The lowest BCUT2D eigenvalue weighted by Crippen LogP contribution is -2.41. The van der Waals surface area contributed by atoms with Crippen LogP contribution in [0.2, 0.25) is 0 Å². The summed E-state index contributed by atoms with van der Waals surface area (Å²) in [5.74, 6) is 1.19. The molecule has 8 nitrogen and oxygen atoms in total. The van der Waals surface area contributed by atoms with E-state index >= 15 is 0 Å². The van der Waals surface area contributed by atoms with Crippen molar-refractivity contribution in [3.63, 3.8) is 0 Å². The maximum atomic E-state index is 13.4. The monoisotopic (exact) mass is 506 g/mol. The smallest absolute Gasteiger partial charge is 0.259 e. The summed E-state index contributed by atoms with van der Waals surface area (Å²) in [4.78, 5) is 47.1. The van der Waals surface area contributed by atoms with Crippen LogP contribution < -0.4 is 10.9 Å². The lowest BCUT2D eigenvalue weighted by molar-refractivity contribution is -0.138. The van der Waals surface area contributed by atoms with E-state index in [2.05, 4.69) is 15.3 Å². The van der Waals surface area contributed by atoms with Crippen molar-refractivity contribution in [2.45, 2.75) is 71.3 Å². The van der Waals surface area contributed by atoms with Crippen molar-refractivity contribution in [2.75, 3.05) is 20.1 Å². The molecular weight excluding hydrogens is 468 g/mol. The molecule has 1 aromatic carbocycles. The predicted octanol–water partition coefficient (Wildman–Crippen LogP) is 4.92. The van der Waals surface area contributed by atoms with Crippen LogP contribution in [-0.2, 0) is 9.59 Å². The number of unbranched alkanes of at least 4 members (excludes halogenated alkanes) is 2. The number of H-pyrrole nitrogens is 1. The lowest BCUT2D eigenvalue weighted by atomic mass is 9.95. The molecule has 0 spiro atoms. The fourth-order valence-electron chi connectivity index (χ4n) is 5.08. The Labute approximate surface area is 217 Å². The number of amides is 1. The topological polar surface area (TPSA) is 108 Å². The normalized spacial score (nSPS) is 15.1. The van der Waals surface area contributed by atoms with Gasteiger partial charge in [-0.05, 0) is 69.3 Å². The molecule has 2 N–H and O–H groups in total. The van der Waals surface area contributed by atoms with Crippen molar-refractivity contribution in [3.8, 4) is 11.3 Å². The standard InChI is InChI=1S/C29H38N4O4/c1-4-22(34)8-6-5-7-9-25(33(3)29(36)20-12-14-30-15-13-20)28-31-18-26(37-28)23-17-21-16-19(2)10-11-24(21)32-27(23)35/h10-11,16-18,20,25,30H,4-9,12-15H2,1-3H3,(H,32,35)/t25-/m0/s1. The number of rotatable bonds is 11. The van der Waals surface area contributed by atoms with Crippen LogP contribution in [0.15, 0.2) is 39.7 Å². The number of Topliss-reactive ketones (excluding diaryl/α,β-unsaturated/α-hetero) is 1. The van der Waals surface area contributed by atoms with Crippen molar-refractivity contribution in [3.05, 3.63) is 52.3 Å². The third kappa shape index (κ3) is 6.55. The van der Waals surface area contributed by atoms with Crippen LogP contribution in [-0.4, -0.2) is 46.7 Å². The Morgan fingerprint density at radius 2 is 1.95 bits per heavy atom. The van der Waals surface area contributed by atoms with Crippen LogP contribution in [0.3, 0.4) is 0 Å². The van der Waals surface area contributed by atoms with Gasteiger partial charge in [0.05, 0.1) is 11.8 Å². The van der Waals surface area contributed by atoms with Crippen LogP contribution in [0.5, 0.6) is 0 Å². The highest BCUT2D eigenvalue weighted by atomic mass is 16.4. The fourth-order valence-corrected chi connectivity index (χ4v) is 5.08. The first-order valence-corrected chi connectivity index (χ1v) is 13.5. The van der Waals surface area contributed by atoms with E-state index in [1.807, 2.05) is 45.2 Å². The second-order valence-corrected chi connectivity index (χ2v) is 10.1. The van der Waals surface area contributed by atoms with Gasteiger partial charge < -0.3 is 19.6 Å². The Bertz CT molecular complexity index is 1290. The zero-order valence-corrected chi connectivity index (χ0v) is 22.1. The summed E-state index contributed by atoms with van der Waals surface area (Å²) >= 11 is 0. The summed E-state index contributed by atoms with van der Waals surface area (Å²) in [5.41, 5.74) is 2.05. The minimum Gasteiger partial charge on any atom is -0.438 e. The first kappa shape index (κ1) is 26.8. The van der Waals surface area contributed by atoms with E-state index in [-0.39, 0.29) is 29.2 Å². The molecular formula is C29H38N4O4. The number of aromatic amines is 1. The molecule has 0 unspecified atom stereocenters. The second kappa shape index (κ2) is 12.3. The third-order valence-corrected chi connectivity index (χ3v) is 7.40. The Balaban J connectivity index is 1.56. The van der Waals surface area contributed by atoms with E-state index in [0.717, 1.165) is 61.7 Å². The van der Waals surface area contributed by atoms with Crippen molar-refractivity contribution >= 4 is 22.6 Å². The molecule has 4 rings (SSSR count). The van der Waals surface area contributed by atoms with E-state index in [4.69, 9.17) is 4.42 Å². The maximum absolute atomic E-state index is 13.4. The molecule has 1 amide bonds. The van der Waals surface area contributed by atoms with Crippen molar-refractivity contribution in [1.82, 2.24) is 20.2 Å². The van der Waals surface area contributed by atoms with Gasteiger partial charge in [-0.15, -0.1) is 0 Å². The average molecular weight is 507 g/mol. The van der Waals surface area contributed by atoms with Crippen LogP contribution in [0.25, 0.3) is 22.2 Å². The van der Waals surface area contributed by atoms with Gasteiger partial charge >= 0.3 is 0 Å².